The molecule has 0 N–H and O–H groups in total. The molecule has 0 fully saturated rings. The number of aryl methyl sites for hydroxylation is 1. The van der Waals surface area contributed by atoms with Crippen molar-refractivity contribution in [3.05, 3.63) is 48.5 Å². The van der Waals surface area contributed by atoms with Gasteiger partial charge in [0.15, 0.2) is 17.0 Å². The van der Waals surface area contributed by atoms with Crippen LogP contribution in [0.4, 0.5) is 5.82 Å². The van der Waals surface area contributed by atoms with Gasteiger partial charge < -0.3 is 9.47 Å². The van der Waals surface area contributed by atoms with E-state index in [2.05, 4.69) is 58.0 Å². The number of rotatable bonds is 5. The van der Waals surface area contributed by atoms with Crippen molar-refractivity contribution < 1.29 is 0 Å². The van der Waals surface area contributed by atoms with E-state index in [4.69, 9.17) is 0 Å². The molecule has 0 bridgehead atoms. The monoisotopic (exact) mass is 281 g/mol. The minimum atomic E-state index is 0.822. The van der Waals surface area contributed by atoms with E-state index in [9.17, 15) is 0 Å². The Kier molecular flexibility index (Phi) is 3.81. The Morgan fingerprint density at radius 2 is 1.86 bits per heavy atom. The Bertz CT molecular complexity index is 720. The normalized spacial score (nSPS) is 11.0. The van der Waals surface area contributed by atoms with Crippen LogP contribution >= 0.6 is 0 Å². The molecule has 5 heteroatoms. The molecular weight excluding hydrogens is 262 g/mol. The smallest absolute Gasteiger partial charge is 0.165 e. The first kappa shape index (κ1) is 13.5. The van der Waals surface area contributed by atoms with E-state index >= 15 is 0 Å². The number of nitrogens with zero attached hydrogens (tertiary/aromatic N) is 5. The maximum Gasteiger partial charge on any atom is 0.165 e. The van der Waals surface area contributed by atoms with Crippen LogP contribution < -0.4 is 4.90 Å². The van der Waals surface area contributed by atoms with Gasteiger partial charge in [-0.25, -0.2) is 15.0 Å². The standard InChI is InChI=1S/C16H19N5/c1-3-20(10-13-8-6-5-7-9-13)15-14-16(18-11-17-15)21(4-2)12-19-14/h5-9,11-12H,3-4,10H2,1-2H3. The third-order valence-electron chi connectivity index (χ3n) is 3.62. The van der Waals surface area contributed by atoms with Gasteiger partial charge in [0, 0.05) is 19.6 Å². The van der Waals surface area contributed by atoms with Crippen LogP contribution in [0.3, 0.4) is 0 Å². The number of hydrogen-bond acceptors (Lipinski definition) is 4. The van der Waals surface area contributed by atoms with Crippen molar-refractivity contribution in [2.24, 2.45) is 0 Å². The molecule has 0 spiro atoms. The molecule has 0 radical (unpaired) electrons. The Morgan fingerprint density at radius 1 is 1.05 bits per heavy atom. The molecule has 0 aliphatic rings. The maximum absolute atomic E-state index is 4.50. The van der Waals surface area contributed by atoms with Crippen molar-refractivity contribution >= 4 is 17.0 Å². The molecule has 5 nitrogen and oxygen atoms in total. The minimum absolute atomic E-state index is 0.822. The predicted octanol–water partition coefficient (Wildman–Crippen LogP) is 2.87. The Balaban J connectivity index is 1.99. The first-order valence-electron chi connectivity index (χ1n) is 7.28. The summed E-state index contributed by atoms with van der Waals surface area (Å²) in [6, 6.07) is 10.4. The first-order chi connectivity index (χ1) is 10.3. The minimum Gasteiger partial charge on any atom is -0.351 e. The largest absolute Gasteiger partial charge is 0.351 e. The first-order valence-corrected chi connectivity index (χ1v) is 7.28. The number of anilines is 1. The Morgan fingerprint density at radius 3 is 2.57 bits per heavy atom. The molecular formula is C16H19N5. The van der Waals surface area contributed by atoms with Gasteiger partial charge in [0.2, 0.25) is 0 Å². The number of hydrogen-bond donors (Lipinski definition) is 0. The number of imidazole rings is 1. The molecule has 1 aromatic carbocycles. The summed E-state index contributed by atoms with van der Waals surface area (Å²) in [5.41, 5.74) is 3.03. The molecule has 0 aliphatic carbocycles. The van der Waals surface area contributed by atoms with Gasteiger partial charge in [0.1, 0.15) is 6.33 Å². The fraction of sp³-hybridized carbons (Fsp3) is 0.312. The van der Waals surface area contributed by atoms with Gasteiger partial charge in [0.25, 0.3) is 0 Å². The third kappa shape index (κ3) is 2.59. The second-order valence-electron chi connectivity index (χ2n) is 4.90. The second kappa shape index (κ2) is 5.91. The van der Waals surface area contributed by atoms with Crippen LogP contribution in [-0.4, -0.2) is 26.1 Å². The van der Waals surface area contributed by atoms with E-state index in [-0.39, 0.29) is 0 Å². The SMILES string of the molecule is CCN(Cc1ccccc1)c1ncnc2c1ncn2CC. The predicted molar refractivity (Wildman–Crippen MR) is 84.2 cm³/mol. The zero-order valence-corrected chi connectivity index (χ0v) is 12.4. The lowest BCUT2D eigenvalue weighted by atomic mass is 10.2. The van der Waals surface area contributed by atoms with Crippen molar-refractivity contribution in [3.8, 4) is 0 Å². The van der Waals surface area contributed by atoms with Crippen LogP contribution in [0.25, 0.3) is 11.2 Å². The number of aromatic nitrogens is 4. The molecule has 0 saturated heterocycles. The molecule has 3 rings (SSSR count). The van der Waals surface area contributed by atoms with Crippen LogP contribution in [0.1, 0.15) is 19.4 Å². The second-order valence-corrected chi connectivity index (χ2v) is 4.90. The van der Waals surface area contributed by atoms with Crippen molar-refractivity contribution in [1.82, 2.24) is 19.5 Å². The lowest BCUT2D eigenvalue weighted by Crippen LogP contribution is -2.23. The van der Waals surface area contributed by atoms with Crippen molar-refractivity contribution in [1.29, 1.82) is 0 Å². The molecule has 2 aromatic heterocycles. The maximum atomic E-state index is 4.50. The lowest BCUT2D eigenvalue weighted by molar-refractivity contribution is 0.776. The van der Waals surface area contributed by atoms with E-state index in [0.717, 1.165) is 36.6 Å². The summed E-state index contributed by atoms with van der Waals surface area (Å²) >= 11 is 0. The van der Waals surface area contributed by atoms with Crippen LogP contribution in [-0.2, 0) is 13.1 Å². The van der Waals surface area contributed by atoms with Gasteiger partial charge in [0.05, 0.1) is 6.33 Å². The topological polar surface area (TPSA) is 46.8 Å². The third-order valence-corrected chi connectivity index (χ3v) is 3.62. The van der Waals surface area contributed by atoms with E-state index < -0.39 is 0 Å². The highest BCUT2D eigenvalue weighted by Gasteiger charge is 2.14. The van der Waals surface area contributed by atoms with Gasteiger partial charge in [-0.15, -0.1) is 0 Å². The van der Waals surface area contributed by atoms with E-state index in [1.165, 1.54) is 5.56 Å². The summed E-state index contributed by atoms with van der Waals surface area (Å²) in [6.07, 6.45) is 3.46. The molecule has 0 amide bonds. The number of fused-ring (bicyclic) bond motifs is 1. The van der Waals surface area contributed by atoms with Gasteiger partial charge in [-0.05, 0) is 19.4 Å². The van der Waals surface area contributed by atoms with Crippen molar-refractivity contribution in [2.75, 3.05) is 11.4 Å². The summed E-state index contributed by atoms with van der Waals surface area (Å²) in [6.45, 7) is 6.78. The highest BCUT2D eigenvalue weighted by atomic mass is 15.2. The molecule has 3 aromatic rings. The molecule has 2 heterocycles. The molecule has 21 heavy (non-hydrogen) atoms. The quantitative estimate of drug-likeness (QED) is 0.721. The van der Waals surface area contributed by atoms with Gasteiger partial charge in [-0.1, -0.05) is 30.3 Å². The zero-order chi connectivity index (χ0) is 14.7. The molecule has 0 saturated carbocycles. The highest BCUT2D eigenvalue weighted by Crippen LogP contribution is 2.22. The van der Waals surface area contributed by atoms with Crippen molar-refractivity contribution in [2.45, 2.75) is 26.9 Å². The van der Waals surface area contributed by atoms with E-state index in [1.807, 2.05) is 17.0 Å². The number of benzene rings is 1. The highest BCUT2D eigenvalue weighted by molar-refractivity contribution is 5.83. The summed E-state index contributed by atoms with van der Waals surface area (Å²) in [5, 5.41) is 0. The van der Waals surface area contributed by atoms with Crippen LogP contribution in [0.5, 0.6) is 0 Å². The van der Waals surface area contributed by atoms with E-state index in [0.29, 0.717) is 0 Å². The molecule has 0 aliphatic heterocycles. The fourth-order valence-electron chi connectivity index (χ4n) is 2.47. The molecule has 108 valence electrons. The summed E-state index contributed by atoms with van der Waals surface area (Å²) in [5.74, 6) is 0.901. The zero-order valence-electron chi connectivity index (χ0n) is 12.4. The summed E-state index contributed by atoms with van der Waals surface area (Å²) in [7, 11) is 0. The van der Waals surface area contributed by atoms with Gasteiger partial charge >= 0.3 is 0 Å². The molecule has 0 atom stereocenters. The Hall–Kier alpha value is -2.43. The summed E-state index contributed by atoms with van der Waals surface area (Å²) in [4.78, 5) is 15.5. The van der Waals surface area contributed by atoms with Crippen molar-refractivity contribution in [3.63, 3.8) is 0 Å². The fourth-order valence-corrected chi connectivity index (χ4v) is 2.47. The Labute approximate surface area is 124 Å². The summed E-state index contributed by atoms with van der Waals surface area (Å²) < 4.78 is 2.04. The van der Waals surface area contributed by atoms with Gasteiger partial charge in [-0.2, -0.15) is 0 Å². The van der Waals surface area contributed by atoms with Crippen LogP contribution in [0, 0.1) is 0 Å². The van der Waals surface area contributed by atoms with Gasteiger partial charge in [-0.3, -0.25) is 0 Å². The van der Waals surface area contributed by atoms with Crippen LogP contribution in [0.15, 0.2) is 43.0 Å². The van der Waals surface area contributed by atoms with E-state index in [1.54, 1.807) is 6.33 Å². The molecule has 0 unspecified atom stereocenters. The van der Waals surface area contributed by atoms with Crippen LogP contribution in [0.2, 0.25) is 0 Å². The average molecular weight is 281 g/mol. The average Bonchev–Trinajstić information content (AvgIpc) is 2.97. The lowest BCUT2D eigenvalue weighted by Gasteiger charge is -2.22.